The zero-order valence-electron chi connectivity index (χ0n) is 17.6. The van der Waals surface area contributed by atoms with Crippen molar-refractivity contribution >= 4 is 45.0 Å². The maximum absolute atomic E-state index is 12.3. The second kappa shape index (κ2) is 10.4. The summed E-state index contributed by atoms with van der Waals surface area (Å²) in [5.74, 6) is -0.222. The first kappa shape index (κ1) is 22.8. The number of ether oxygens (including phenoxy) is 1. The molecule has 1 atom stereocenters. The fraction of sp³-hybridized carbons (Fsp3) is 0.348. The Kier molecular flexibility index (Phi) is 7.68. The number of nitrogens with one attached hydrogen (secondary N) is 2. The van der Waals surface area contributed by atoms with Gasteiger partial charge in [-0.1, -0.05) is 22.9 Å². The highest BCUT2D eigenvalue weighted by molar-refractivity contribution is 9.10. The van der Waals surface area contributed by atoms with Crippen molar-refractivity contribution in [2.24, 2.45) is 5.92 Å². The summed E-state index contributed by atoms with van der Waals surface area (Å²) in [6.07, 6.45) is 1.07. The highest BCUT2D eigenvalue weighted by Crippen LogP contribution is 2.27. The van der Waals surface area contributed by atoms with Crippen molar-refractivity contribution in [3.05, 3.63) is 52.5 Å². The van der Waals surface area contributed by atoms with Gasteiger partial charge < -0.3 is 20.3 Å². The van der Waals surface area contributed by atoms with E-state index < -0.39 is 0 Å². The summed E-state index contributed by atoms with van der Waals surface area (Å²) in [6, 6.07) is 12.6. The fourth-order valence-corrected chi connectivity index (χ4v) is 3.83. The summed E-state index contributed by atoms with van der Waals surface area (Å²) in [6.45, 7) is 4.75. The number of halogens is 1. The number of hydrogen-bond acceptors (Lipinski definition) is 4. The quantitative estimate of drug-likeness (QED) is 0.594. The van der Waals surface area contributed by atoms with Crippen LogP contribution in [0.25, 0.3) is 0 Å². The largest absolute Gasteiger partial charge is 0.484 e. The topological polar surface area (TPSA) is 87.7 Å². The van der Waals surface area contributed by atoms with Gasteiger partial charge in [0.15, 0.2) is 6.61 Å². The van der Waals surface area contributed by atoms with Gasteiger partial charge in [-0.2, -0.15) is 0 Å². The molecule has 3 rings (SSSR count). The van der Waals surface area contributed by atoms with Gasteiger partial charge in [0.1, 0.15) is 5.75 Å². The first-order chi connectivity index (χ1) is 14.9. The Bertz CT molecular complexity index is 962. The Morgan fingerprint density at radius 2 is 1.94 bits per heavy atom. The summed E-state index contributed by atoms with van der Waals surface area (Å²) < 4.78 is 6.51. The number of carbonyl (C=O) groups is 3. The van der Waals surface area contributed by atoms with Crippen LogP contribution in [0.1, 0.15) is 25.3 Å². The third kappa shape index (κ3) is 6.07. The molecule has 7 nitrogen and oxygen atoms in total. The first-order valence-corrected chi connectivity index (χ1v) is 11.0. The lowest BCUT2D eigenvalue weighted by molar-refractivity contribution is -0.126. The van der Waals surface area contributed by atoms with E-state index in [1.807, 2.05) is 32.0 Å². The van der Waals surface area contributed by atoms with Crippen molar-refractivity contribution in [1.29, 1.82) is 0 Å². The van der Waals surface area contributed by atoms with Gasteiger partial charge >= 0.3 is 0 Å². The molecular weight excluding hydrogens is 462 g/mol. The van der Waals surface area contributed by atoms with E-state index in [1.165, 1.54) is 0 Å². The molecule has 1 heterocycles. The standard InChI is InChI=1S/C23H26BrN3O4/c1-3-10-25-23(30)16-12-22(29)27(13-16)18-5-7-19(8-6-18)31-14-21(28)26-20-9-4-17(24)11-15(20)2/h4-9,11,16H,3,10,12-14H2,1-2H3,(H,25,30)(H,26,28)/t16-/m0/s1. The van der Waals surface area contributed by atoms with Gasteiger partial charge in [-0.3, -0.25) is 14.4 Å². The molecule has 0 aliphatic carbocycles. The molecular formula is C23H26BrN3O4. The van der Waals surface area contributed by atoms with Crippen LogP contribution in [0.15, 0.2) is 46.9 Å². The molecule has 2 aromatic rings. The van der Waals surface area contributed by atoms with Crippen molar-refractivity contribution in [1.82, 2.24) is 5.32 Å². The molecule has 0 saturated carbocycles. The average Bonchev–Trinajstić information content (AvgIpc) is 3.14. The summed E-state index contributed by atoms with van der Waals surface area (Å²) in [5.41, 5.74) is 2.39. The van der Waals surface area contributed by atoms with Gasteiger partial charge in [0.2, 0.25) is 11.8 Å². The molecule has 1 fully saturated rings. The van der Waals surface area contributed by atoms with E-state index in [9.17, 15) is 14.4 Å². The summed E-state index contributed by atoms with van der Waals surface area (Å²) in [5, 5.41) is 5.67. The third-order valence-electron chi connectivity index (χ3n) is 5.03. The van der Waals surface area contributed by atoms with Gasteiger partial charge in [-0.15, -0.1) is 0 Å². The predicted octanol–water partition coefficient (Wildman–Crippen LogP) is 3.65. The van der Waals surface area contributed by atoms with Crippen LogP contribution in [0.5, 0.6) is 5.75 Å². The first-order valence-electron chi connectivity index (χ1n) is 10.2. The number of rotatable bonds is 8. The molecule has 2 aromatic carbocycles. The minimum Gasteiger partial charge on any atom is -0.484 e. The lowest BCUT2D eigenvalue weighted by Crippen LogP contribution is -2.33. The molecule has 31 heavy (non-hydrogen) atoms. The molecule has 3 amide bonds. The summed E-state index contributed by atoms with van der Waals surface area (Å²) in [7, 11) is 0. The normalized spacial score (nSPS) is 15.6. The minimum atomic E-state index is -0.333. The minimum absolute atomic E-state index is 0.0745. The number of aryl methyl sites for hydroxylation is 1. The zero-order valence-corrected chi connectivity index (χ0v) is 19.2. The van der Waals surface area contributed by atoms with E-state index in [0.717, 1.165) is 22.1 Å². The predicted molar refractivity (Wildman–Crippen MR) is 123 cm³/mol. The van der Waals surface area contributed by atoms with Crippen LogP contribution in [0.3, 0.4) is 0 Å². The highest BCUT2D eigenvalue weighted by atomic mass is 79.9. The lowest BCUT2D eigenvalue weighted by Gasteiger charge is -2.17. The fourth-order valence-electron chi connectivity index (χ4n) is 3.35. The zero-order chi connectivity index (χ0) is 22.4. The smallest absolute Gasteiger partial charge is 0.262 e. The maximum atomic E-state index is 12.3. The van der Waals surface area contributed by atoms with E-state index in [0.29, 0.717) is 24.5 Å². The Morgan fingerprint density at radius 1 is 1.19 bits per heavy atom. The van der Waals surface area contributed by atoms with Crippen LogP contribution in [-0.2, 0) is 14.4 Å². The van der Waals surface area contributed by atoms with Crippen molar-refractivity contribution in [3.63, 3.8) is 0 Å². The monoisotopic (exact) mass is 487 g/mol. The van der Waals surface area contributed by atoms with Crippen LogP contribution in [0.2, 0.25) is 0 Å². The molecule has 0 radical (unpaired) electrons. The number of hydrogen-bond donors (Lipinski definition) is 2. The lowest BCUT2D eigenvalue weighted by atomic mass is 10.1. The Morgan fingerprint density at radius 3 is 2.61 bits per heavy atom. The highest BCUT2D eigenvalue weighted by Gasteiger charge is 2.34. The van der Waals surface area contributed by atoms with Crippen molar-refractivity contribution in [2.75, 3.05) is 29.9 Å². The number of benzene rings is 2. The van der Waals surface area contributed by atoms with Crippen molar-refractivity contribution < 1.29 is 19.1 Å². The van der Waals surface area contributed by atoms with E-state index in [1.54, 1.807) is 29.2 Å². The SMILES string of the molecule is CCCNC(=O)[C@H]1CC(=O)N(c2ccc(OCC(=O)Nc3ccc(Br)cc3C)cc2)C1. The number of nitrogens with zero attached hydrogens (tertiary/aromatic N) is 1. The van der Waals surface area contributed by atoms with Crippen LogP contribution < -0.4 is 20.3 Å². The Labute approximate surface area is 190 Å². The molecule has 1 saturated heterocycles. The summed E-state index contributed by atoms with van der Waals surface area (Å²) in [4.78, 5) is 38.3. The van der Waals surface area contributed by atoms with E-state index in [4.69, 9.17) is 4.74 Å². The number of anilines is 2. The molecule has 0 unspecified atom stereocenters. The number of carbonyl (C=O) groups excluding carboxylic acids is 3. The second-order valence-corrected chi connectivity index (χ2v) is 8.40. The third-order valence-corrected chi connectivity index (χ3v) is 5.52. The van der Waals surface area contributed by atoms with Gasteiger partial charge in [0.25, 0.3) is 5.91 Å². The van der Waals surface area contributed by atoms with E-state index in [-0.39, 0.29) is 36.7 Å². The maximum Gasteiger partial charge on any atom is 0.262 e. The molecule has 8 heteroatoms. The van der Waals surface area contributed by atoms with Crippen LogP contribution >= 0.6 is 15.9 Å². The van der Waals surface area contributed by atoms with E-state index in [2.05, 4.69) is 26.6 Å². The van der Waals surface area contributed by atoms with Gasteiger partial charge in [0.05, 0.1) is 5.92 Å². The molecule has 164 valence electrons. The molecule has 0 aromatic heterocycles. The molecule has 0 spiro atoms. The van der Waals surface area contributed by atoms with Crippen molar-refractivity contribution in [3.8, 4) is 5.75 Å². The summed E-state index contributed by atoms with van der Waals surface area (Å²) >= 11 is 3.40. The van der Waals surface area contributed by atoms with Gasteiger partial charge in [-0.25, -0.2) is 0 Å². The van der Waals surface area contributed by atoms with Crippen LogP contribution in [-0.4, -0.2) is 37.4 Å². The molecule has 0 bridgehead atoms. The number of amides is 3. The average molecular weight is 488 g/mol. The van der Waals surface area contributed by atoms with Crippen LogP contribution in [0, 0.1) is 12.8 Å². The Hall–Kier alpha value is -2.87. The van der Waals surface area contributed by atoms with E-state index >= 15 is 0 Å². The molecule has 1 aliphatic rings. The Balaban J connectivity index is 1.52. The van der Waals surface area contributed by atoms with Gasteiger partial charge in [0, 0.05) is 35.4 Å². The van der Waals surface area contributed by atoms with Crippen LogP contribution in [0.4, 0.5) is 11.4 Å². The second-order valence-electron chi connectivity index (χ2n) is 7.49. The van der Waals surface area contributed by atoms with Gasteiger partial charge in [-0.05, 0) is 61.4 Å². The van der Waals surface area contributed by atoms with Crippen molar-refractivity contribution in [2.45, 2.75) is 26.7 Å². The molecule has 2 N–H and O–H groups in total. The molecule has 1 aliphatic heterocycles.